The number of rotatable bonds is 11. The summed E-state index contributed by atoms with van der Waals surface area (Å²) in [5.41, 5.74) is 3.71. The van der Waals surface area contributed by atoms with Crippen LogP contribution in [-0.2, 0) is 30.5 Å². The number of methoxy groups -OCH3 is 1. The van der Waals surface area contributed by atoms with Crippen molar-refractivity contribution < 1.29 is 43.7 Å². The highest BCUT2D eigenvalue weighted by Gasteiger charge is 2.32. The molecular formula is C53H50N12O9S6. The second kappa shape index (κ2) is 25.2. The second-order valence-electron chi connectivity index (χ2n) is 18.3. The third-order valence-corrected chi connectivity index (χ3v) is 18.1. The number of fused-ring (bicyclic) bond motifs is 14. The predicted molar refractivity (Wildman–Crippen MR) is 308 cm³/mol. The highest BCUT2D eigenvalue weighted by molar-refractivity contribution is 7.15. The summed E-state index contributed by atoms with van der Waals surface area (Å²) in [6.45, 7) is 9.94. The van der Waals surface area contributed by atoms with Crippen LogP contribution in [-0.4, -0.2) is 101 Å². The Balaban J connectivity index is 1.13. The van der Waals surface area contributed by atoms with Gasteiger partial charge in [-0.25, -0.2) is 39.7 Å². The maximum atomic E-state index is 14.4. The van der Waals surface area contributed by atoms with Crippen molar-refractivity contribution in [1.82, 2.24) is 56.2 Å². The number of aliphatic hydroxyl groups excluding tert-OH is 1. The van der Waals surface area contributed by atoms with Crippen molar-refractivity contribution >= 4 is 115 Å². The molecule has 0 saturated carbocycles. The van der Waals surface area contributed by atoms with Gasteiger partial charge < -0.3 is 41.5 Å². The van der Waals surface area contributed by atoms with Gasteiger partial charge in [0.25, 0.3) is 5.91 Å². The number of nitrogens with one attached hydrogen (secondary N) is 5. The number of hydrogen-bond donors (Lipinski definition) is 7. The number of aliphatic hydroxyl groups is 1. The van der Waals surface area contributed by atoms with E-state index in [2.05, 4.69) is 38.1 Å². The van der Waals surface area contributed by atoms with Crippen molar-refractivity contribution in [2.75, 3.05) is 26.0 Å². The summed E-state index contributed by atoms with van der Waals surface area (Å²) in [6.07, 6.45) is 0.225. The first-order chi connectivity index (χ1) is 38.5. The number of ether oxygens (including phenoxy) is 1. The van der Waals surface area contributed by atoms with Crippen LogP contribution in [0.15, 0.2) is 82.7 Å². The number of carbonyl (C=O) groups is 6. The lowest BCUT2D eigenvalue weighted by molar-refractivity contribution is -0.131. The lowest BCUT2D eigenvalue weighted by atomic mass is 9.90. The van der Waals surface area contributed by atoms with Crippen molar-refractivity contribution in [1.29, 1.82) is 0 Å². The standard InChI is InChI=1S/C53H50N12O9S6/c1-24(2)29-16-35(66)43-26(4)79-52(65-43)31(17-39(68)54-5)57-47(73)33-21-75-48(59-33)28-12-13-30(50-62-37(23-78-50)61-38(67)14-15-41(70)71)56-44(28)32-20-76-51(58-32)34-22-77-53(60-34)45(46(72)27-10-8-7-9-11-27)63-40(69)18-55-25(3)42-36(19-74-6)80-49(29)64-42/h7-15,20-24,29,31,45-46,55,72H,3,16-19H2,1-2,4-6H3,(H,54,68)(H,57,73)(H,61,67)(H,63,69)(H,70,71)/b15-14-/t29-,31-,45-,46-/m0/s1. The molecular weight excluding hydrogens is 1140 g/mol. The molecule has 0 unspecified atom stereocenters. The Morgan fingerprint density at radius 2 is 1.50 bits per heavy atom. The molecule has 0 saturated heterocycles. The minimum Gasteiger partial charge on any atom is -0.478 e. The van der Waals surface area contributed by atoms with Gasteiger partial charge in [0.2, 0.25) is 17.7 Å². The number of amides is 4. The van der Waals surface area contributed by atoms with E-state index in [1.165, 1.54) is 75.1 Å². The number of Topliss-reactive ketones (excluding diaryl/α,β-unsaturated/α-hetero) is 1. The molecule has 0 radical (unpaired) electrons. The smallest absolute Gasteiger partial charge is 0.328 e. The quantitative estimate of drug-likeness (QED) is 0.0596. The SMILES string of the molecule is C=C1NCC(=O)N[C@@H]([C@@H](O)c2ccccc2)c2nc(cs2)-c2nc(cs2)-c2nc(-c3nc(NC(=O)/C=C\C(=O)O)cs3)ccc2-c2nc(cs2)C(=O)N[C@@H](CC(=O)NC)c2nc(c(C)s2)C(=O)C[C@@H](C(C)C)c2nc1c(COC)s2. The Morgan fingerprint density at radius 1 is 0.787 bits per heavy atom. The van der Waals surface area contributed by atoms with Gasteiger partial charge in [0, 0.05) is 70.6 Å². The molecule has 80 heavy (non-hydrogen) atoms. The van der Waals surface area contributed by atoms with Crippen LogP contribution in [0.4, 0.5) is 5.82 Å². The third-order valence-electron chi connectivity index (χ3n) is 12.4. The van der Waals surface area contributed by atoms with Crippen LogP contribution >= 0.6 is 68.0 Å². The number of thiazole rings is 6. The summed E-state index contributed by atoms with van der Waals surface area (Å²) in [7, 11) is 3.05. The minimum absolute atomic E-state index is 0.0364. The molecule has 1 aromatic carbocycles. The van der Waals surface area contributed by atoms with Gasteiger partial charge in [-0.05, 0) is 30.5 Å². The molecule has 10 bridgehead atoms. The molecule has 0 aliphatic carbocycles. The van der Waals surface area contributed by atoms with Gasteiger partial charge in [0.1, 0.15) is 77.2 Å². The number of carboxylic acids is 1. The molecule has 1 aliphatic rings. The highest BCUT2D eigenvalue weighted by Crippen LogP contribution is 2.41. The summed E-state index contributed by atoms with van der Waals surface area (Å²) in [4.78, 5) is 114. The average molecular weight is 1190 g/mol. The van der Waals surface area contributed by atoms with E-state index in [0.717, 1.165) is 11.0 Å². The lowest BCUT2D eigenvalue weighted by Crippen LogP contribution is -2.38. The fourth-order valence-electron chi connectivity index (χ4n) is 8.30. The van der Waals surface area contributed by atoms with Crippen molar-refractivity contribution in [2.45, 2.75) is 64.3 Å². The Kier molecular flexibility index (Phi) is 18.0. The number of hydrogen-bond acceptors (Lipinski definition) is 22. The number of carbonyl (C=O) groups excluding carboxylic acids is 5. The number of ketones is 1. The summed E-state index contributed by atoms with van der Waals surface area (Å²) < 4.78 is 5.57. The van der Waals surface area contributed by atoms with Crippen LogP contribution in [0, 0.1) is 12.8 Å². The van der Waals surface area contributed by atoms with Gasteiger partial charge in [0.05, 0.1) is 46.9 Å². The molecule has 7 N–H and O–H groups in total. The summed E-state index contributed by atoms with van der Waals surface area (Å²) in [6, 6.07) is 10.4. The van der Waals surface area contributed by atoms with Gasteiger partial charge in [-0.15, -0.1) is 68.0 Å². The van der Waals surface area contributed by atoms with E-state index in [9.17, 15) is 33.9 Å². The molecule has 4 atom stereocenters. The zero-order chi connectivity index (χ0) is 56.8. The minimum atomic E-state index is -1.28. The number of aliphatic carboxylic acids is 1. The molecule has 4 amide bonds. The number of anilines is 1. The molecule has 0 fully saturated rings. The molecule has 412 valence electrons. The van der Waals surface area contributed by atoms with Gasteiger partial charge in [0.15, 0.2) is 5.78 Å². The first-order valence-electron chi connectivity index (χ1n) is 24.5. The van der Waals surface area contributed by atoms with E-state index >= 15 is 0 Å². The van der Waals surface area contributed by atoms with Crippen molar-refractivity contribution in [3.8, 4) is 43.4 Å². The molecule has 8 aromatic rings. The Hall–Kier alpha value is -7.63. The van der Waals surface area contributed by atoms with E-state index in [0.29, 0.717) is 86.3 Å². The van der Waals surface area contributed by atoms with Crippen LogP contribution in [0.5, 0.6) is 0 Å². The Morgan fingerprint density at radius 3 is 2.25 bits per heavy atom. The van der Waals surface area contributed by atoms with Crippen molar-refractivity contribution in [3.63, 3.8) is 0 Å². The van der Waals surface area contributed by atoms with Gasteiger partial charge >= 0.3 is 5.97 Å². The number of aryl methyl sites for hydroxylation is 1. The number of pyridine rings is 1. The maximum absolute atomic E-state index is 14.4. The van der Waals surface area contributed by atoms with Gasteiger partial charge in [-0.3, -0.25) is 24.0 Å². The van der Waals surface area contributed by atoms with E-state index in [1.807, 2.05) is 19.9 Å². The van der Waals surface area contributed by atoms with E-state index in [4.69, 9.17) is 39.7 Å². The lowest BCUT2D eigenvalue weighted by Gasteiger charge is -2.23. The van der Waals surface area contributed by atoms with Crippen LogP contribution in [0.25, 0.3) is 49.1 Å². The molecule has 27 heteroatoms. The normalized spacial score (nSPS) is 16.7. The van der Waals surface area contributed by atoms with Crippen LogP contribution < -0.4 is 26.6 Å². The zero-order valence-electron chi connectivity index (χ0n) is 43.3. The summed E-state index contributed by atoms with van der Waals surface area (Å²) >= 11 is 7.44. The monoisotopic (exact) mass is 1190 g/mol. The topological polar surface area (TPSA) is 302 Å². The van der Waals surface area contributed by atoms with Crippen LogP contribution in [0.1, 0.15) is 108 Å². The molecule has 8 heterocycles. The van der Waals surface area contributed by atoms with Crippen LogP contribution in [0.2, 0.25) is 0 Å². The average Bonchev–Trinajstić information content (AvgIpc) is 4.34. The Labute approximate surface area is 481 Å². The molecule has 7 aromatic heterocycles. The van der Waals surface area contributed by atoms with Gasteiger partial charge in [-0.1, -0.05) is 50.8 Å². The number of carboxylic acid groups (broad SMARTS) is 1. The van der Waals surface area contributed by atoms with Crippen molar-refractivity contribution in [2.24, 2.45) is 5.92 Å². The number of nitrogens with zero attached hydrogens (tertiary/aromatic N) is 7. The fraction of sp³-hybridized carbons (Fsp3) is 0.264. The number of aromatic nitrogens is 7. The third kappa shape index (κ3) is 13.2. The summed E-state index contributed by atoms with van der Waals surface area (Å²) in [5, 5.41) is 44.5. The molecule has 21 nitrogen and oxygen atoms in total. The zero-order valence-corrected chi connectivity index (χ0v) is 48.2. The van der Waals surface area contributed by atoms with Crippen LogP contribution in [0.3, 0.4) is 0 Å². The predicted octanol–water partition coefficient (Wildman–Crippen LogP) is 8.61. The molecule has 9 rings (SSSR count). The van der Waals surface area contributed by atoms with Crippen molar-refractivity contribution in [3.05, 3.63) is 130 Å². The van der Waals surface area contributed by atoms with E-state index in [-0.39, 0.29) is 66.7 Å². The fourth-order valence-corrected chi connectivity index (χ4v) is 13.9. The molecule has 1 aliphatic heterocycles. The maximum Gasteiger partial charge on any atom is 0.328 e. The Bertz CT molecular complexity index is 3670. The second-order valence-corrected chi connectivity index (χ2v) is 24.1. The first kappa shape index (κ1) is 57.1. The first-order valence-corrected chi connectivity index (χ1v) is 29.6. The number of benzene rings is 1. The van der Waals surface area contributed by atoms with E-state index in [1.54, 1.807) is 72.0 Å². The van der Waals surface area contributed by atoms with E-state index < -0.39 is 41.9 Å². The summed E-state index contributed by atoms with van der Waals surface area (Å²) in [5.74, 6) is -3.93. The molecule has 0 spiro atoms. The largest absolute Gasteiger partial charge is 0.478 e. The highest BCUT2D eigenvalue weighted by atomic mass is 32.1. The van der Waals surface area contributed by atoms with Gasteiger partial charge in [-0.2, -0.15) is 0 Å².